The first kappa shape index (κ1) is 12.3. The Morgan fingerprint density at radius 3 is 2.50 bits per heavy atom. The number of alkyl halides is 3. The highest BCUT2D eigenvalue weighted by atomic mass is 19.4. The molecule has 94 valence electrons. The van der Waals surface area contributed by atoms with Crippen molar-refractivity contribution in [3.63, 3.8) is 0 Å². The van der Waals surface area contributed by atoms with Gasteiger partial charge in [0, 0.05) is 5.39 Å². The van der Waals surface area contributed by atoms with Crippen LogP contribution in [0, 0.1) is 6.92 Å². The Kier molecular flexibility index (Phi) is 2.68. The Balaban J connectivity index is 2.85. The summed E-state index contributed by atoms with van der Waals surface area (Å²) in [6.45, 7) is 1.68. The number of benzene rings is 1. The highest BCUT2D eigenvalue weighted by Crippen LogP contribution is 2.33. The lowest BCUT2D eigenvalue weighted by Gasteiger charge is -2.10. The Bertz CT molecular complexity index is 638. The molecule has 1 aromatic heterocycles. The lowest BCUT2D eigenvalue weighted by molar-refractivity contribution is -0.139. The number of carboxylic acid groups (broad SMARTS) is 1. The second-order valence-corrected chi connectivity index (χ2v) is 3.72. The van der Waals surface area contributed by atoms with Crippen molar-refractivity contribution >= 4 is 16.9 Å². The topological polar surface area (TPSA) is 63.1 Å². The minimum absolute atomic E-state index is 0.0327. The second kappa shape index (κ2) is 3.94. The lowest BCUT2D eigenvalue weighted by Crippen LogP contribution is -2.14. The molecule has 1 aromatic carbocycles. The van der Waals surface area contributed by atoms with Crippen LogP contribution < -0.4 is 0 Å². The third-order valence-electron chi connectivity index (χ3n) is 2.31. The predicted octanol–water partition coefficient (Wildman–Crippen LogP) is 2.66. The van der Waals surface area contributed by atoms with Gasteiger partial charge in [0.1, 0.15) is 0 Å². The summed E-state index contributed by atoms with van der Waals surface area (Å²) in [4.78, 5) is 17.4. The van der Waals surface area contributed by atoms with Crippen molar-refractivity contribution in [3.05, 3.63) is 35.3 Å². The molecule has 0 aliphatic carbocycles. The van der Waals surface area contributed by atoms with E-state index in [1.807, 2.05) is 0 Å². The monoisotopic (exact) mass is 256 g/mol. The third kappa shape index (κ3) is 2.11. The zero-order valence-electron chi connectivity index (χ0n) is 9.12. The van der Waals surface area contributed by atoms with Gasteiger partial charge in [0.05, 0.1) is 5.52 Å². The summed E-state index contributed by atoms with van der Waals surface area (Å²) >= 11 is 0. The fraction of sp³-hybridized carbons (Fsp3) is 0.182. The molecule has 2 rings (SSSR count). The van der Waals surface area contributed by atoms with E-state index in [9.17, 15) is 18.0 Å². The van der Waals surface area contributed by atoms with Crippen molar-refractivity contribution in [2.24, 2.45) is 0 Å². The van der Waals surface area contributed by atoms with E-state index in [-0.39, 0.29) is 10.9 Å². The molecule has 0 aliphatic rings. The van der Waals surface area contributed by atoms with Crippen LogP contribution in [-0.2, 0) is 6.18 Å². The highest BCUT2D eigenvalue weighted by molar-refractivity contribution is 5.89. The van der Waals surface area contributed by atoms with Gasteiger partial charge in [-0.1, -0.05) is 12.1 Å². The molecule has 1 heterocycles. The second-order valence-electron chi connectivity index (χ2n) is 3.72. The maximum Gasteiger partial charge on any atom is 0.434 e. The molecular formula is C11H7F3N2O2. The molecule has 0 atom stereocenters. The van der Waals surface area contributed by atoms with E-state index in [0.717, 1.165) is 0 Å². The fourth-order valence-electron chi connectivity index (χ4n) is 1.55. The predicted molar refractivity (Wildman–Crippen MR) is 56.2 cm³/mol. The normalized spacial score (nSPS) is 11.8. The van der Waals surface area contributed by atoms with Crippen molar-refractivity contribution in [2.75, 3.05) is 0 Å². The highest BCUT2D eigenvalue weighted by Gasteiger charge is 2.36. The minimum Gasteiger partial charge on any atom is -0.475 e. The Morgan fingerprint density at radius 1 is 1.28 bits per heavy atom. The average Bonchev–Trinajstić information content (AvgIpc) is 2.25. The summed E-state index contributed by atoms with van der Waals surface area (Å²) in [7, 11) is 0. The first-order valence-corrected chi connectivity index (χ1v) is 4.88. The molecule has 0 amide bonds. The number of carboxylic acids is 1. The maximum absolute atomic E-state index is 12.8. The number of halogens is 3. The van der Waals surface area contributed by atoms with Crippen LogP contribution in [0.5, 0.6) is 0 Å². The zero-order valence-corrected chi connectivity index (χ0v) is 9.12. The van der Waals surface area contributed by atoms with Gasteiger partial charge < -0.3 is 5.11 Å². The fourth-order valence-corrected chi connectivity index (χ4v) is 1.55. The number of fused-ring (bicyclic) bond motifs is 1. The van der Waals surface area contributed by atoms with Crippen LogP contribution in [0.2, 0.25) is 0 Å². The van der Waals surface area contributed by atoms with Crippen LogP contribution in [0.25, 0.3) is 10.9 Å². The standard InChI is InChI=1S/C11H7F3N2O2/c1-5-2-3-6-7(4-5)15-9(10(17)18)16-8(6)11(12,13)14/h2-4H,1H3,(H,17,18). The summed E-state index contributed by atoms with van der Waals surface area (Å²) in [6, 6.07) is 4.11. The minimum atomic E-state index is -4.72. The van der Waals surface area contributed by atoms with E-state index < -0.39 is 23.7 Å². The summed E-state index contributed by atoms with van der Waals surface area (Å²) < 4.78 is 38.3. The number of hydrogen-bond acceptors (Lipinski definition) is 3. The van der Waals surface area contributed by atoms with Gasteiger partial charge in [-0.15, -0.1) is 0 Å². The van der Waals surface area contributed by atoms with Crippen molar-refractivity contribution in [1.29, 1.82) is 0 Å². The summed E-state index contributed by atoms with van der Waals surface area (Å²) in [5.74, 6) is -2.45. The first-order chi connectivity index (χ1) is 8.29. The van der Waals surface area contributed by atoms with E-state index >= 15 is 0 Å². The van der Waals surface area contributed by atoms with Crippen molar-refractivity contribution < 1.29 is 23.1 Å². The van der Waals surface area contributed by atoms with Crippen LogP contribution in [0.1, 0.15) is 21.9 Å². The molecule has 0 fully saturated rings. The SMILES string of the molecule is Cc1ccc2c(C(F)(F)F)nc(C(=O)O)nc2c1. The Hall–Kier alpha value is -2.18. The van der Waals surface area contributed by atoms with Crippen LogP contribution in [-0.4, -0.2) is 21.0 Å². The quantitative estimate of drug-likeness (QED) is 0.851. The van der Waals surface area contributed by atoms with E-state index in [1.165, 1.54) is 18.2 Å². The number of carbonyl (C=O) groups is 1. The number of rotatable bonds is 1. The average molecular weight is 256 g/mol. The summed E-state index contributed by atoms with van der Waals surface area (Å²) in [5, 5.41) is 8.50. The van der Waals surface area contributed by atoms with Gasteiger partial charge in [-0.25, -0.2) is 14.8 Å². The van der Waals surface area contributed by atoms with Gasteiger partial charge in [-0.3, -0.25) is 0 Å². The van der Waals surface area contributed by atoms with E-state index in [2.05, 4.69) is 9.97 Å². The molecular weight excluding hydrogens is 249 g/mol. The van der Waals surface area contributed by atoms with E-state index in [4.69, 9.17) is 5.11 Å². The van der Waals surface area contributed by atoms with Crippen molar-refractivity contribution in [2.45, 2.75) is 13.1 Å². The first-order valence-electron chi connectivity index (χ1n) is 4.88. The van der Waals surface area contributed by atoms with Gasteiger partial charge >= 0.3 is 12.1 Å². The number of aryl methyl sites for hydroxylation is 1. The number of aromatic nitrogens is 2. The largest absolute Gasteiger partial charge is 0.475 e. The summed E-state index contributed by atoms with van der Waals surface area (Å²) in [5.41, 5.74) is -0.578. The van der Waals surface area contributed by atoms with Gasteiger partial charge in [0.25, 0.3) is 0 Å². The molecule has 0 aliphatic heterocycles. The molecule has 0 saturated heterocycles. The van der Waals surface area contributed by atoms with E-state index in [1.54, 1.807) is 6.92 Å². The molecule has 2 aromatic rings. The number of aromatic carboxylic acids is 1. The van der Waals surface area contributed by atoms with Gasteiger partial charge in [0.15, 0.2) is 5.69 Å². The smallest absolute Gasteiger partial charge is 0.434 e. The zero-order chi connectivity index (χ0) is 13.5. The molecule has 7 heteroatoms. The molecule has 0 unspecified atom stereocenters. The lowest BCUT2D eigenvalue weighted by atomic mass is 10.1. The molecule has 0 bridgehead atoms. The van der Waals surface area contributed by atoms with Crippen molar-refractivity contribution in [1.82, 2.24) is 9.97 Å². The van der Waals surface area contributed by atoms with Gasteiger partial charge in [0.2, 0.25) is 5.82 Å². The molecule has 0 radical (unpaired) electrons. The summed E-state index contributed by atoms with van der Waals surface area (Å²) in [6.07, 6.45) is -4.72. The van der Waals surface area contributed by atoms with Gasteiger partial charge in [-0.05, 0) is 18.6 Å². The van der Waals surface area contributed by atoms with E-state index in [0.29, 0.717) is 5.56 Å². The molecule has 0 saturated carbocycles. The molecule has 4 nitrogen and oxygen atoms in total. The molecule has 1 N–H and O–H groups in total. The molecule has 0 spiro atoms. The molecule has 18 heavy (non-hydrogen) atoms. The van der Waals surface area contributed by atoms with Crippen LogP contribution in [0.15, 0.2) is 18.2 Å². The van der Waals surface area contributed by atoms with Crippen LogP contribution in [0.4, 0.5) is 13.2 Å². The van der Waals surface area contributed by atoms with Crippen molar-refractivity contribution in [3.8, 4) is 0 Å². The maximum atomic E-state index is 12.8. The Labute approximate surface area is 99.1 Å². The van der Waals surface area contributed by atoms with Crippen LogP contribution >= 0.6 is 0 Å². The number of hydrogen-bond donors (Lipinski definition) is 1. The van der Waals surface area contributed by atoms with Crippen LogP contribution in [0.3, 0.4) is 0 Å². The Morgan fingerprint density at radius 2 is 1.94 bits per heavy atom. The number of nitrogens with zero attached hydrogens (tertiary/aromatic N) is 2. The van der Waals surface area contributed by atoms with Gasteiger partial charge in [-0.2, -0.15) is 13.2 Å². The third-order valence-corrected chi connectivity index (χ3v) is 2.31.